The molecule has 5 rings (SSSR count). The van der Waals surface area contributed by atoms with Crippen LogP contribution in [0.5, 0.6) is 0 Å². The van der Waals surface area contributed by atoms with Crippen LogP contribution in [0.25, 0.3) is 0 Å². The molecule has 0 spiro atoms. The SMILES string of the molecule is CC1CN1CC[C@H]1C(O)N(Cc2ccccc2)C[C@@H]2N(C(=O)OCc3cc(C(F)(F)F)cc(C(F)(F)F)c3)CCC(=O)N21. The summed E-state index contributed by atoms with van der Waals surface area (Å²) in [5.41, 5.74) is -2.60. The fourth-order valence-electron chi connectivity index (χ4n) is 5.82. The van der Waals surface area contributed by atoms with Crippen LogP contribution >= 0.6 is 0 Å². The zero-order valence-corrected chi connectivity index (χ0v) is 23.3. The van der Waals surface area contributed by atoms with Gasteiger partial charge in [-0.1, -0.05) is 30.3 Å². The Morgan fingerprint density at radius 2 is 1.58 bits per heavy atom. The Morgan fingerprint density at radius 3 is 2.16 bits per heavy atom. The molecule has 43 heavy (non-hydrogen) atoms. The first-order valence-electron chi connectivity index (χ1n) is 14.0. The molecule has 0 bridgehead atoms. The molecule has 2 amide bonds. The molecule has 3 unspecified atom stereocenters. The van der Waals surface area contributed by atoms with Crippen molar-refractivity contribution in [3.63, 3.8) is 0 Å². The van der Waals surface area contributed by atoms with Gasteiger partial charge in [-0.05, 0) is 42.7 Å². The first kappa shape index (κ1) is 31.1. The van der Waals surface area contributed by atoms with Gasteiger partial charge in [-0.3, -0.25) is 19.5 Å². The van der Waals surface area contributed by atoms with Crippen molar-refractivity contribution in [1.82, 2.24) is 19.6 Å². The molecule has 3 aliphatic rings. The number of fused-ring (bicyclic) bond motifs is 1. The number of ether oxygens (including phenoxy) is 1. The number of piperazine rings is 1. The van der Waals surface area contributed by atoms with Crippen LogP contribution in [-0.2, 0) is 35.0 Å². The fourth-order valence-corrected chi connectivity index (χ4v) is 5.82. The Labute approximate surface area is 244 Å². The highest BCUT2D eigenvalue weighted by atomic mass is 19.4. The van der Waals surface area contributed by atoms with Crippen LogP contribution in [0.1, 0.15) is 42.0 Å². The number of hydrogen-bond donors (Lipinski definition) is 1. The van der Waals surface area contributed by atoms with Gasteiger partial charge in [0.05, 0.1) is 17.2 Å². The molecule has 234 valence electrons. The van der Waals surface area contributed by atoms with E-state index in [0.717, 1.165) is 12.1 Å². The van der Waals surface area contributed by atoms with Gasteiger partial charge < -0.3 is 14.7 Å². The Morgan fingerprint density at radius 1 is 0.953 bits per heavy atom. The average molecular weight is 615 g/mol. The van der Waals surface area contributed by atoms with Gasteiger partial charge in [0.25, 0.3) is 0 Å². The van der Waals surface area contributed by atoms with Crippen LogP contribution in [0.3, 0.4) is 0 Å². The van der Waals surface area contributed by atoms with Crippen molar-refractivity contribution in [3.8, 4) is 0 Å². The van der Waals surface area contributed by atoms with E-state index in [9.17, 15) is 41.0 Å². The molecule has 3 saturated heterocycles. The maximum absolute atomic E-state index is 13.3. The third-order valence-electron chi connectivity index (χ3n) is 8.18. The monoisotopic (exact) mass is 614 g/mol. The minimum absolute atomic E-state index is 0.00714. The summed E-state index contributed by atoms with van der Waals surface area (Å²) in [6.07, 6.45) is -12.6. The number of halogens is 6. The lowest BCUT2D eigenvalue weighted by Gasteiger charge is -2.54. The van der Waals surface area contributed by atoms with E-state index < -0.39 is 60.2 Å². The van der Waals surface area contributed by atoms with Crippen molar-refractivity contribution in [2.45, 2.75) is 69.7 Å². The van der Waals surface area contributed by atoms with E-state index in [2.05, 4.69) is 11.8 Å². The summed E-state index contributed by atoms with van der Waals surface area (Å²) < 4.78 is 85.0. The zero-order valence-electron chi connectivity index (χ0n) is 23.3. The van der Waals surface area contributed by atoms with Gasteiger partial charge in [0.2, 0.25) is 5.91 Å². The second-order valence-electron chi connectivity index (χ2n) is 11.2. The Bertz CT molecular complexity index is 1290. The maximum Gasteiger partial charge on any atom is 0.416 e. The number of aliphatic hydroxyl groups is 1. The maximum atomic E-state index is 13.3. The van der Waals surface area contributed by atoms with Gasteiger partial charge in [0.15, 0.2) is 0 Å². The molecule has 1 N–H and O–H groups in total. The number of rotatable bonds is 7. The number of carbonyl (C=O) groups excluding carboxylic acids is 2. The first-order valence-corrected chi connectivity index (χ1v) is 14.0. The summed E-state index contributed by atoms with van der Waals surface area (Å²) in [6.45, 7) is 3.08. The van der Waals surface area contributed by atoms with Gasteiger partial charge in [0, 0.05) is 45.2 Å². The molecule has 2 aromatic rings. The lowest BCUT2D eigenvalue weighted by molar-refractivity contribution is -0.183. The Hall–Kier alpha value is -3.36. The van der Waals surface area contributed by atoms with E-state index in [-0.39, 0.29) is 31.5 Å². The fraction of sp³-hybridized carbons (Fsp3) is 0.517. The summed E-state index contributed by atoms with van der Waals surface area (Å²) in [7, 11) is 0. The first-order chi connectivity index (χ1) is 20.2. The van der Waals surface area contributed by atoms with E-state index in [0.29, 0.717) is 37.7 Å². The van der Waals surface area contributed by atoms with Gasteiger partial charge in [-0.25, -0.2) is 4.79 Å². The second-order valence-corrected chi connectivity index (χ2v) is 11.2. The smallest absolute Gasteiger partial charge is 0.416 e. The van der Waals surface area contributed by atoms with Crippen molar-refractivity contribution in [3.05, 3.63) is 70.8 Å². The number of hydrogen-bond acceptors (Lipinski definition) is 6. The highest BCUT2D eigenvalue weighted by Gasteiger charge is 2.49. The molecule has 14 heteroatoms. The Kier molecular flexibility index (Phi) is 8.65. The molecular weight excluding hydrogens is 582 g/mol. The van der Waals surface area contributed by atoms with E-state index >= 15 is 0 Å². The quantitative estimate of drug-likeness (QED) is 0.366. The second kappa shape index (κ2) is 12.0. The highest BCUT2D eigenvalue weighted by molar-refractivity contribution is 5.80. The highest BCUT2D eigenvalue weighted by Crippen LogP contribution is 2.37. The molecule has 3 fully saturated rings. The number of nitrogens with zero attached hydrogens (tertiary/aromatic N) is 4. The van der Waals surface area contributed by atoms with E-state index in [1.807, 2.05) is 30.3 Å². The van der Waals surface area contributed by atoms with Crippen LogP contribution < -0.4 is 0 Å². The minimum Gasteiger partial charge on any atom is -0.444 e. The topological polar surface area (TPSA) is 76.3 Å². The standard InChI is InChI=1S/C29H32F6N4O4/c1-18-14-36(18)9-7-23-26(41)37(15-19-5-3-2-4-6-19)16-24-38(10-8-25(40)39(23)24)27(42)43-17-20-11-21(28(30,31)32)13-22(12-20)29(33,34)35/h2-6,11-13,18,23-24,26,41H,7-10,14-17H2,1H3/t18?,23-,24+,26?,36?/m0/s1. The van der Waals surface area contributed by atoms with Crippen LogP contribution in [-0.4, -0.2) is 87.4 Å². The normalized spacial score (nSPS) is 26.3. The number of amides is 2. The van der Waals surface area contributed by atoms with E-state index in [4.69, 9.17) is 4.74 Å². The number of aliphatic hydroxyl groups excluding tert-OH is 1. The molecule has 0 radical (unpaired) electrons. The molecule has 2 aromatic carbocycles. The van der Waals surface area contributed by atoms with Crippen LogP contribution in [0, 0.1) is 0 Å². The van der Waals surface area contributed by atoms with Gasteiger partial charge in [-0.15, -0.1) is 0 Å². The molecule has 0 saturated carbocycles. The van der Waals surface area contributed by atoms with Crippen LogP contribution in [0.4, 0.5) is 31.1 Å². The molecule has 8 nitrogen and oxygen atoms in total. The minimum atomic E-state index is -5.04. The van der Waals surface area contributed by atoms with Crippen LogP contribution in [0.15, 0.2) is 48.5 Å². The molecule has 0 aromatic heterocycles. The number of alkyl halides is 6. The number of benzene rings is 2. The average Bonchev–Trinajstić information content (AvgIpc) is 3.66. The molecule has 5 atom stereocenters. The largest absolute Gasteiger partial charge is 0.444 e. The van der Waals surface area contributed by atoms with Crippen LogP contribution in [0.2, 0.25) is 0 Å². The predicted molar refractivity (Wildman–Crippen MR) is 141 cm³/mol. The van der Waals surface area contributed by atoms with Gasteiger partial charge in [0.1, 0.15) is 19.0 Å². The molecule has 3 aliphatic heterocycles. The summed E-state index contributed by atoms with van der Waals surface area (Å²) in [6, 6.07) is 10.1. The van der Waals surface area contributed by atoms with Crippen molar-refractivity contribution < 1.29 is 45.8 Å². The molecule has 3 heterocycles. The lowest BCUT2D eigenvalue weighted by atomic mass is 9.99. The van der Waals surface area contributed by atoms with E-state index in [1.165, 1.54) is 9.80 Å². The summed E-state index contributed by atoms with van der Waals surface area (Å²) in [5.74, 6) is -0.260. The van der Waals surface area contributed by atoms with Crippen molar-refractivity contribution in [2.75, 3.05) is 26.2 Å². The van der Waals surface area contributed by atoms with E-state index in [1.54, 1.807) is 4.90 Å². The summed E-state index contributed by atoms with van der Waals surface area (Å²) in [5, 5.41) is 11.4. The number of carbonyl (C=O) groups is 2. The van der Waals surface area contributed by atoms with Crippen molar-refractivity contribution >= 4 is 12.0 Å². The van der Waals surface area contributed by atoms with Crippen molar-refractivity contribution in [2.24, 2.45) is 0 Å². The lowest BCUT2D eigenvalue weighted by Crippen LogP contribution is -2.72. The summed E-state index contributed by atoms with van der Waals surface area (Å²) in [4.78, 5) is 33.2. The summed E-state index contributed by atoms with van der Waals surface area (Å²) >= 11 is 0. The van der Waals surface area contributed by atoms with Gasteiger partial charge in [-0.2, -0.15) is 26.3 Å². The zero-order chi connectivity index (χ0) is 31.1. The van der Waals surface area contributed by atoms with Crippen molar-refractivity contribution in [1.29, 1.82) is 0 Å². The van der Waals surface area contributed by atoms with Gasteiger partial charge >= 0.3 is 18.4 Å². The molecular formula is C29H32F6N4O4. The third kappa shape index (κ3) is 7.07. The Balaban J connectivity index is 1.37. The third-order valence-corrected chi connectivity index (χ3v) is 8.18. The predicted octanol–water partition coefficient (Wildman–Crippen LogP) is 4.52. The molecule has 0 aliphatic carbocycles.